The zero-order valence-corrected chi connectivity index (χ0v) is 11.0. The van der Waals surface area contributed by atoms with Gasteiger partial charge in [-0.05, 0) is 25.3 Å². The molecule has 0 saturated carbocycles. The molecular formula is C13H19N3O3. The quantitative estimate of drug-likeness (QED) is 0.654. The molecule has 1 saturated heterocycles. The Hall–Kier alpha value is -2.11. The van der Waals surface area contributed by atoms with E-state index >= 15 is 0 Å². The molecule has 1 aromatic carbocycles. The summed E-state index contributed by atoms with van der Waals surface area (Å²) in [7, 11) is 0. The van der Waals surface area contributed by atoms with E-state index in [1.165, 1.54) is 32.3 Å². The number of hydrogen-bond donors (Lipinski definition) is 1. The maximum Gasteiger partial charge on any atom is 0.271 e. The molecule has 6 heteroatoms. The van der Waals surface area contributed by atoms with Gasteiger partial charge in [0, 0.05) is 37.8 Å². The average Bonchev–Trinajstić information content (AvgIpc) is 2.39. The molecule has 104 valence electrons. The predicted octanol–water partition coefficient (Wildman–Crippen LogP) is 2.08. The third kappa shape index (κ3) is 5.37. The van der Waals surface area contributed by atoms with Gasteiger partial charge in [0.15, 0.2) is 0 Å². The standard InChI is InChI=1S/C11H14N2O2.C2H5NO/c14-13(15)11-6-4-5-10(9-11)12-7-2-1-3-8-12;1-2(3)4/h4-6,9H,1-3,7-8H2;1H3,(H2,3,4). The lowest BCUT2D eigenvalue weighted by molar-refractivity contribution is -0.384. The number of nitro groups is 1. The van der Waals surface area contributed by atoms with Gasteiger partial charge in [0.25, 0.3) is 5.69 Å². The molecule has 6 nitrogen and oxygen atoms in total. The number of anilines is 1. The summed E-state index contributed by atoms with van der Waals surface area (Å²) in [6.45, 7) is 3.34. The van der Waals surface area contributed by atoms with Crippen molar-refractivity contribution in [3.8, 4) is 0 Å². The second kappa shape index (κ2) is 7.35. The molecule has 2 rings (SSSR count). The molecule has 0 aliphatic carbocycles. The Labute approximate surface area is 112 Å². The number of non-ortho nitro benzene ring substituents is 1. The first kappa shape index (κ1) is 14.9. The molecule has 1 heterocycles. The fourth-order valence-corrected chi connectivity index (χ4v) is 1.96. The predicted molar refractivity (Wildman–Crippen MR) is 74.0 cm³/mol. The number of carbonyl (C=O) groups is 1. The van der Waals surface area contributed by atoms with Crippen LogP contribution in [0.25, 0.3) is 0 Å². The lowest BCUT2D eigenvalue weighted by atomic mass is 10.1. The fraction of sp³-hybridized carbons (Fsp3) is 0.462. The number of nitrogens with two attached hydrogens (primary N) is 1. The van der Waals surface area contributed by atoms with Crippen molar-refractivity contribution in [2.45, 2.75) is 26.2 Å². The minimum Gasteiger partial charge on any atom is -0.371 e. The molecule has 1 fully saturated rings. The second-order valence-electron chi connectivity index (χ2n) is 4.44. The van der Waals surface area contributed by atoms with E-state index in [1.807, 2.05) is 6.07 Å². The summed E-state index contributed by atoms with van der Waals surface area (Å²) in [4.78, 5) is 21.7. The maximum atomic E-state index is 10.6. The van der Waals surface area contributed by atoms with Crippen LogP contribution in [0.1, 0.15) is 26.2 Å². The van der Waals surface area contributed by atoms with Crippen LogP contribution in [0.5, 0.6) is 0 Å². The van der Waals surface area contributed by atoms with E-state index in [1.54, 1.807) is 12.1 Å². The number of rotatable bonds is 2. The van der Waals surface area contributed by atoms with Crippen LogP contribution >= 0.6 is 0 Å². The summed E-state index contributed by atoms with van der Waals surface area (Å²) in [5.41, 5.74) is 5.63. The number of nitro benzene ring substituents is 1. The van der Waals surface area contributed by atoms with Crippen molar-refractivity contribution in [2.75, 3.05) is 18.0 Å². The Morgan fingerprint density at radius 3 is 2.42 bits per heavy atom. The largest absolute Gasteiger partial charge is 0.371 e. The third-order valence-corrected chi connectivity index (χ3v) is 2.76. The highest BCUT2D eigenvalue weighted by molar-refractivity contribution is 5.70. The van der Waals surface area contributed by atoms with Crippen molar-refractivity contribution in [3.63, 3.8) is 0 Å². The van der Waals surface area contributed by atoms with E-state index in [0.717, 1.165) is 18.8 Å². The minimum atomic E-state index is -0.340. The van der Waals surface area contributed by atoms with Crippen LogP contribution in [0.4, 0.5) is 11.4 Å². The van der Waals surface area contributed by atoms with Crippen LogP contribution in [0.2, 0.25) is 0 Å². The van der Waals surface area contributed by atoms with E-state index in [4.69, 9.17) is 0 Å². The molecule has 2 N–H and O–H groups in total. The lowest BCUT2D eigenvalue weighted by Crippen LogP contribution is -2.29. The molecule has 1 aliphatic rings. The van der Waals surface area contributed by atoms with E-state index in [9.17, 15) is 14.9 Å². The number of piperidine rings is 1. The second-order valence-corrected chi connectivity index (χ2v) is 4.44. The van der Waals surface area contributed by atoms with Gasteiger partial charge in [0.2, 0.25) is 5.91 Å². The Balaban J connectivity index is 0.000000399. The Bertz CT molecular complexity index is 439. The summed E-state index contributed by atoms with van der Waals surface area (Å²) >= 11 is 0. The number of carbonyl (C=O) groups excluding carboxylic acids is 1. The third-order valence-electron chi connectivity index (χ3n) is 2.76. The van der Waals surface area contributed by atoms with Gasteiger partial charge in [0.05, 0.1) is 4.92 Å². The molecule has 0 radical (unpaired) electrons. The highest BCUT2D eigenvalue weighted by atomic mass is 16.6. The Morgan fingerprint density at radius 1 is 1.32 bits per heavy atom. The van der Waals surface area contributed by atoms with E-state index in [-0.39, 0.29) is 16.5 Å². The first-order valence-electron chi connectivity index (χ1n) is 6.26. The van der Waals surface area contributed by atoms with Gasteiger partial charge in [0.1, 0.15) is 0 Å². The van der Waals surface area contributed by atoms with E-state index in [2.05, 4.69) is 10.6 Å². The number of hydrogen-bond acceptors (Lipinski definition) is 4. The SMILES string of the molecule is CC(N)=O.O=[N+]([O-])c1cccc(N2CCCCC2)c1. The summed E-state index contributed by atoms with van der Waals surface area (Å²) in [6.07, 6.45) is 3.64. The number of nitrogens with zero attached hydrogens (tertiary/aromatic N) is 2. The van der Waals surface area contributed by atoms with Crippen LogP contribution < -0.4 is 10.6 Å². The van der Waals surface area contributed by atoms with Gasteiger partial charge in [-0.15, -0.1) is 0 Å². The molecule has 1 aliphatic heterocycles. The fourth-order valence-electron chi connectivity index (χ4n) is 1.96. The lowest BCUT2D eigenvalue weighted by Gasteiger charge is -2.28. The normalized spacial score (nSPS) is 14.3. The summed E-state index contributed by atoms with van der Waals surface area (Å²) in [5, 5.41) is 10.6. The molecule has 19 heavy (non-hydrogen) atoms. The highest BCUT2D eigenvalue weighted by Gasteiger charge is 2.13. The first-order valence-corrected chi connectivity index (χ1v) is 6.26. The molecule has 0 unspecified atom stereocenters. The Morgan fingerprint density at radius 2 is 1.89 bits per heavy atom. The van der Waals surface area contributed by atoms with Gasteiger partial charge >= 0.3 is 0 Å². The van der Waals surface area contributed by atoms with Crippen molar-refractivity contribution >= 4 is 17.3 Å². The average molecular weight is 265 g/mol. The molecule has 0 spiro atoms. The van der Waals surface area contributed by atoms with Crippen LogP contribution in [0.15, 0.2) is 24.3 Å². The topological polar surface area (TPSA) is 89.5 Å². The monoisotopic (exact) mass is 265 g/mol. The van der Waals surface area contributed by atoms with Gasteiger partial charge in [-0.2, -0.15) is 0 Å². The van der Waals surface area contributed by atoms with Gasteiger partial charge < -0.3 is 10.6 Å². The van der Waals surface area contributed by atoms with E-state index < -0.39 is 0 Å². The minimum absolute atomic E-state index is 0.179. The van der Waals surface area contributed by atoms with E-state index in [0.29, 0.717) is 0 Å². The number of primary amides is 1. The Kier molecular flexibility index (Phi) is 5.78. The molecule has 0 aromatic heterocycles. The van der Waals surface area contributed by atoms with Crippen molar-refractivity contribution in [1.82, 2.24) is 0 Å². The van der Waals surface area contributed by atoms with Crippen LogP contribution in [0, 0.1) is 10.1 Å². The molecule has 1 aromatic rings. The van der Waals surface area contributed by atoms with Crippen molar-refractivity contribution in [2.24, 2.45) is 5.73 Å². The zero-order valence-electron chi connectivity index (χ0n) is 11.0. The summed E-state index contributed by atoms with van der Waals surface area (Å²) in [5.74, 6) is -0.333. The van der Waals surface area contributed by atoms with Gasteiger partial charge in [-0.25, -0.2) is 0 Å². The summed E-state index contributed by atoms with van der Waals surface area (Å²) < 4.78 is 0. The molecule has 1 amide bonds. The van der Waals surface area contributed by atoms with Crippen LogP contribution in [-0.4, -0.2) is 23.9 Å². The molecule has 0 atom stereocenters. The van der Waals surface area contributed by atoms with Crippen molar-refractivity contribution in [1.29, 1.82) is 0 Å². The number of amides is 1. The first-order chi connectivity index (χ1) is 9.00. The molecular weight excluding hydrogens is 246 g/mol. The van der Waals surface area contributed by atoms with Crippen molar-refractivity contribution < 1.29 is 9.72 Å². The smallest absolute Gasteiger partial charge is 0.271 e. The van der Waals surface area contributed by atoms with Crippen molar-refractivity contribution in [3.05, 3.63) is 34.4 Å². The van der Waals surface area contributed by atoms with Crippen LogP contribution in [0.3, 0.4) is 0 Å². The van der Waals surface area contributed by atoms with Gasteiger partial charge in [-0.1, -0.05) is 6.07 Å². The zero-order chi connectivity index (χ0) is 14.3. The maximum absolute atomic E-state index is 10.6. The summed E-state index contributed by atoms with van der Waals surface area (Å²) in [6, 6.07) is 6.89. The highest BCUT2D eigenvalue weighted by Crippen LogP contribution is 2.23. The van der Waals surface area contributed by atoms with Gasteiger partial charge in [-0.3, -0.25) is 14.9 Å². The molecule has 0 bridgehead atoms. The van der Waals surface area contributed by atoms with Crippen LogP contribution in [-0.2, 0) is 4.79 Å². The number of benzene rings is 1.